The summed E-state index contributed by atoms with van der Waals surface area (Å²) < 4.78 is 9.66. The molecular formula is C16H22N2O6. The number of nitrogens with one attached hydrogen (secondary N) is 2. The number of esters is 1. The van der Waals surface area contributed by atoms with Gasteiger partial charge >= 0.3 is 12.1 Å². The predicted octanol–water partition coefficient (Wildman–Crippen LogP) is 0.341. The Morgan fingerprint density at radius 3 is 2.42 bits per heavy atom. The number of aliphatic hydroxyl groups excluding tert-OH is 1. The number of benzene rings is 1. The van der Waals surface area contributed by atoms with E-state index in [1.165, 1.54) is 6.92 Å². The van der Waals surface area contributed by atoms with E-state index in [-0.39, 0.29) is 19.8 Å². The van der Waals surface area contributed by atoms with Gasteiger partial charge < -0.3 is 25.2 Å². The molecule has 0 fully saturated rings. The molecule has 0 aliphatic heterocycles. The maximum atomic E-state index is 12.0. The highest BCUT2D eigenvalue weighted by molar-refractivity contribution is 5.88. The molecule has 0 aliphatic rings. The summed E-state index contributed by atoms with van der Waals surface area (Å²) in [5, 5.41) is 14.2. The van der Waals surface area contributed by atoms with Crippen molar-refractivity contribution in [2.75, 3.05) is 13.2 Å². The highest BCUT2D eigenvalue weighted by Gasteiger charge is 2.26. The first-order valence-corrected chi connectivity index (χ1v) is 7.52. The number of amides is 2. The van der Waals surface area contributed by atoms with Crippen molar-refractivity contribution in [3.63, 3.8) is 0 Å². The molecule has 1 aromatic rings. The van der Waals surface area contributed by atoms with E-state index in [4.69, 9.17) is 4.74 Å². The molecule has 0 saturated carbocycles. The molecule has 0 heterocycles. The smallest absolute Gasteiger partial charge is 0.408 e. The van der Waals surface area contributed by atoms with Gasteiger partial charge in [0.1, 0.15) is 19.2 Å². The van der Waals surface area contributed by atoms with E-state index >= 15 is 0 Å². The first-order valence-electron chi connectivity index (χ1n) is 7.52. The summed E-state index contributed by atoms with van der Waals surface area (Å²) >= 11 is 0. The lowest BCUT2D eigenvalue weighted by atomic mass is 10.1. The lowest BCUT2D eigenvalue weighted by Crippen LogP contribution is -2.53. The maximum absolute atomic E-state index is 12.0. The number of ether oxygens (including phenoxy) is 2. The van der Waals surface area contributed by atoms with Crippen LogP contribution in [0.5, 0.6) is 0 Å². The highest BCUT2D eigenvalue weighted by Crippen LogP contribution is 2.01. The Kier molecular flexibility index (Phi) is 8.28. The van der Waals surface area contributed by atoms with Crippen LogP contribution in [0.1, 0.15) is 19.4 Å². The molecule has 0 spiro atoms. The van der Waals surface area contributed by atoms with Crippen molar-refractivity contribution in [2.24, 2.45) is 0 Å². The Hall–Kier alpha value is -2.61. The number of carbonyl (C=O) groups excluding carboxylic acids is 3. The fourth-order valence-electron chi connectivity index (χ4n) is 1.78. The number of rotatable bonds is 8. The lowest BCUT2D eigenvalue weighted by Gasteiger charge is -2.20. The average Bonchev–Trinajstić information content (AvgIpc) is 2.56. The van der Waals surface area contributed by atoms with Gasteiger partial charge in [0.25, 0.3) is 0 Å². The molecule has 8 nitrogen and oxygen atoms in total. The van der Waals surface area contributed by atoms with Crippen molar-refractivity contribution in [1.82, 2.24) is 10.6 Å². The zero-order valence-electron chi connectivity index (χ0n) is 13.7. The monoisotopic (exact) mass is 338 g/mol. The summed E-state index contributed by atoms with van der Waals surface area (Å²) in [6.45, 7) is 2.85. The molecule has 0 aliphatic carbocycles. The third kappa shape index (κ3) is 7.10. The van der Waals surface area contributed by atoms with E-state index in [0.717, 1.165) is 5.56 Å². The molecule has 1 aromatic carbocycles. The van der Waals surface area contributed by atoms with Crippen LogP contribution >= 0.6 is 0 Å². The second-order valence-electron chi connectivity index (χ2n) is 4.95. The van der Waals surface area contributed by atoms with Gasteiger partial charge in [0.15, 0.2) is 0 Å². The van der Waals surface area contributed by atoms with E-state index in [1.54, 1.807) is 31.2 Å². The number of hydrogen-bond donors (Lipinski definition) is 3. The zero-order chi connectivity index (χ0) is 17.9. The summed E-state index contributed by atoms with van der Waals surface area (Å²) in [6, 6.07) is 7.76. The second kappa shape index (κ2) is 10.2. The first kappa shape index (κ1) is 19.4. The Morgan fingerprint density at radius 1 is 1.17 bits per heavy atom. The zero-order valence-corrected chi connectivity index (χ0v) is 13.7. The Morgan fingerprint density at radius 2 is 1.83 bits per heavy atom. The van der Waals surface area contributed by atoms with Gasteiger partial charge in [-0.2, -0.15) is 0 Å². The van der Waals surface area contributed by atoms with Crippen molar-refractivity contribution in [2.45, 2.75) is 32.6 Å². The third-order valence-corrected chi connectivity index (χ3v) is 2.96. The number of carbonyl (C=O) groups is 3. The maximum Gasteiger partial charge on any atom is 0.408 e. The summed E-state index contributed by atoms with van der Waals surface area (Å²) in [4.78, 5) is 34.9. The van der Waals surface area contributed by atoms with Crippen LogP contribution in [0.4, 0.5) is 4.79 Å². The Bertz CT molecular complexity index is 547. The molecule has 2 amide bonds. The van der Waals surface area contributed by atoms with E-state index in [9.17, 15) is 19.5 Å². The van der Waals surface area contributed by atoms with Crippen molar-refractivity contribution in [3.8, 4) is 0 Å². The van der Waals surface area contributed by atoms with Gasteiger partial charge in [0, 0.05) is 0 Å². The topological polar surface area (TPSA) is 114 Å². The van der Waals surface area contributed by atoms with Crippen LogP contribution in [-0.2, 0) is 25.7 Å². The molecule has 2 atom stereocenters. The van der Waals surface area contributed by atoms with Gasteiger partial charge in [-0.3, -0.25) is 9.59 Å². The molecular weight excluding hydrogens is 316 g/mol. The first-order chi connectivity index (χ1) is 11.4. The van der Waals surface area contributed by atoms with E-state index in [0.29, 0.717) is 0 Å². The van der Waals surface area contributed by atoms with E-state index in [1.807, 2.05) is 6.07 Å². The van der Waals surface area contributed by atoms with Crippen molar-refractivity contribution < 1.29 is 29.0 Å². The van der Waals surface area contributed by atoms with Gasteiger partial charge in [-0.05, 0) is 19.4 Å². The SMILES string of the molecule is CCOC(=O)CNC(=O)[C@H](NC(=O)OCc1ccccc1)C(C)O. The van der Waals surface area contributed by atoms with Gasteiger partial charge in [0.2, 0.25) is 5.91 Å². The van der Waals surface area contributed by atoms with Crippen LogP contribution < -0.4 is 10.6 Å². The van der Waals surface area contributed by atoms with Crippen molar-refractivity contribution in [1.29, 1.82) is 0 Å². The fourth-order valence-corrected chi connectivity index (χ4v) is 1.78. The molecule has 0 radical (unpaired) electrons. The summed E-state index contributed by atoms with van der Waals surface area (Å²) in [7, 11) is 0. The van der Waals surface area contributed by atoms with Crippen LogP contribution in [0, 0.1) is 0 Å². The number of alkyl carbamates (subject to hydrolysis) is 1. The van der Waals surface area contributed by atoms with Crippen molar-refractivity contribution in [3.05, 3.63) is 35.9 Å². The third-order valence-electron chi connectivity index (χ3n) is 2.96. The molecule has 1 rings (SSSR count). The predicted molar refractivity (Wildman–Crippen MR) is 84.9 cm³/mol. The van der Waals surface area contributed by atoms with Crippen LogP contribution in [0.2, 0.25) is 0 Å². The van der Waals surface area contributed by atoms with Gasteiger partial charge in [-0.15, -0.1) is 0 Å². The summed E-state index contributed by atoms with van der Waals surface area (Å²) in [6.07, 6.45) is -2.02. The number of hydrogen-bond acceptors (Lipinski definition) is 6. The van der Waals surface area contributed by atoms with Gasteiger partial charge in [-0.1, -0.05) is 30.3 Å². The van der Waals surface area contributed by atoms with Crippen LogP contribution in [0.15, 0.2) is 30.3 Å². The largest absolute Gasteiger partial charge is 0.465 e. The normalized spacial score (nSPS) is 12.6. The minimum atomic E-state index is -1.25. The molecule has 24 heavy (non-hydrogen) atoms. The molecule has 0 bridgehead atoms. The molecule has 8 heteroatoms. The summed E-state index contributed by atoms with van der Waals surface area (Å²) in [5.41, 5.74) is 0.785. The minimum Gasteiger partial charge on any atom is -0.465 e. The standard InChI is InChI=1S/C16H22N2O6/c1-3-23-13(20)9-17-15(21)14(11(2)19)18-16(22)24-10-12-7-5-4-6-8-12/h4-8,11,14,19H,3,9-10H2,1-2H3,(H,17,21)(H,18,22)/t11?,14-/m1/s1. The Labute approximate surface area is 140 Å². The second-order valence-corrected chi connectivity index (χ2v) is 4.95. The molecule has 3 N–H and O–H groups in total. The molecule has 0 aromatic heterocycles. The van der Waals surface area contributed by atoms with Gasteiger partial charge in [-0.25, -0.2) is 4.79 Å². The molecule has 1 unspecified atom stereocenters. The van der Waals surface area contributed by atoms with Crippen LogP contribution in [0.25, 0.3) is 0 Å². The minimum absolute atomic E-state index is 0.0314. The van der Waals surface area contributed by atoms with E-state index < -0.39 is 30.1 Å². The molecule has 0 saturated heterocycles. The Balaban J connectivity index is 2.47. The number of aliphatic hydroxyl groups is 1. The van der Waals surface area contributed by atoms with E-state index in [2.05, 4.69) is 15.4 Å². The highest BCUT2D eigenvalue weighted by atomic mass is 16.5. The van der Waals surface area contributed by atoms with Crippen LogP contribution in [0.3, 0.4) is 0 Å². The van der Waals surface area contributed by atoms with Crippen molar-refractivity contribution >= 4 is 18.0 Å². The fraction of sp³-hybridized carbons (Fsp3) is 0.438. The lowest BCUT2D eigenvalue weighted by molar-refractivity contribution is -0.143. The quantitative estimate of drug-likeness (QED) is 0.589. The summed E-state index contributed by atoms with van der Waals surface area (Å²) in [5.74, 6) is -1.32. The van der Waals surface area contributed by atoms with Crippen LogP contribution in [-0.4, -0.2) is 48.4 Å². The molecule has 132 valence electrons. The average molecular weight is 338 g/mol. The van der Waals surface area contributed by atoms with Gasteiger partial charge in [0.05, 0.1) is 12.7 Å².